The fourth-order valence-electron chi connectivity index (χ4n) is 1.59. The van der Waals surface area contributed by atoms with E-state index in [1.54, 1.807) is 0 Å². The number of thioether (sulfide) groups is 1. The van der Waals surface area contributed by atoms with Crippen LogP contribution < -0.4 is 5.32 Å². The number of nitrogens with one attached hydrogen (secondary N) is 2. The fourth-order valence-corrected chi connectivity index (χ4v) is 2.73. The Morgan fingerprint density at radius 2 is 2.22 bits per heavy atom. The van der Waals surface area contributed by atoms with E-state index in [1.807, 2.05) is 0 Å². The van der Waals surface area contributed by atoms with Crippen molar-refractivity contribution in [3.8, 4) is 0 Å². The summed E-state index contributed by atoms with van der Waals surface area (Å²) in [4.78, 5) is 3.89. The van der Waals surface area contributed by atoms with Gasteiger partial charge in [0.2, 0.25) is 6.39 Å². The molecule has 0 saturated carbocycles. The third-order valence-corrected chi connectivity index (χ3v) is 4.18. The minimum Gasteiger partial charge on any atom is -0.343 e. The van der Waals surface area contributed by atoms with Crippen molar-refractivity contribution in [1.82, 2.24) is 20.5 Å². The summed E-state index contributed by atoms with van der Waals surface area (Å²) in [6, 6.07) is 4.31. The van der Waals surface area contributed by atoms with Crippen LogP contribution in [0.5, 0.6) is 0 Å². The van der Waals surface area contributed by atoms with Crippen molar-refractivity contribution in [2.45, 2.75) is 10.8 Å². The number of anilines is 1. The molecule has 23 heavy (non-hydrogen) atoms. The van der Waals surface area contributed by atoms with Gasteiger partial charge in [-0.05, 0) is 44.4 Å². The molecule has 0 aliphatic rings. The van der Waals surface area contributed by atoms with Crippen LogP contribution in [-0.4, -0.2) is 26.3 Å². The first-order chi connectivity index (χ1) is 11.1. The quantitative estimate of drug-likeness (QED) is 0.382. The Morgan fingerprint density at radius 3 is 2.96 bits per heavy atom. The Morgan fingerprint density at radius 1 is 1.35 bits per heavy atom. The number of aromatic nitrogens is 4. The lowest BCUT2D eigenvalue weighted by molar-refractivity contribution is 0.298. The zero-order chi connectivity index (χ0) is 16.2. The number of hydrogen-bond donors (Lipinski definition) is 2. The standard InChI is InChI=1S/C12H8BrFN6O2S/c13-7-3-6(1-2-8(7)14)17-11(15)10-12(20-22-19-10)23-4-9-16-5-21-18-9/h1-3,5H,4H2,(H2,15,17). The summed E-state index contributed by atoms with van der Waals surface area (Å²) in [5, 5.41) is 22.4. The monoisotopic (exact) mass is 398 g/mol. The van der Waals surface area contributed by atoms with E-state index in [9.17, 15) is 4.39 Å². The Balaban J connectivity index is 1.70. The molecule has 2 heterocycles. The zero-order valence-corrected chi connectivity index (χ0v) is 13.7. The maximum absolute atomic E-state index is 13.2. The Hall–Kier alpha value is -2.27. The molecule has 0 unspecified atom stereocenters. The van der Waals surface area contributed by atoms with E-state index in [4.69, 9.17) is 5.41 Å². The number of amidine groups is 1. The second-order valence-electron chi connectivity index (χ2n) is 4.18. The molecule has 0 amide bonds. The van der Waals surface area contributed by atoms with E-state index < -0.39 is 0 Å². The van der Waals surface area contributed by atoms with E-state index in [2.05, 4.69) is 50.9 Å². The van der Waals surface area contributed by atoms with E-state index in [-0.39, 0.29) is 17.3 Å². The van der Waals surface area contributed by atoms with Crippen molar-refractivity contribution in [2.75, 3.05) is 5.32 Å². The minimum atomic E-state index is -0.387. The highest BCUT2D eigenvalue weighted by atomic mass is 79.9. The van der Waals surface area contributed by atoms with Crippen LogP contribution in [0.2, 0.25) is 0 Å². The van der Waals surface area contributed by atoms with Gasteiger partial charge in [-0.2, -0.15) is 4.98 Å². The van der Waals surface area contributed by atoms with E-state index in [0.29, 0.717) is 26.8 Å². The summed E-state index contributed by atoms with van der Waals surface area (Å²) in [6.07, 6.45) is 1.23. The lowest BCUT2D eigenvalue weighted by Crippen LogP contribution is -2.13. The molecule has 1 aromatic carbocycles. The van der Waals surface area contributed by atoms with Gasteiger partial charge in [0.25, 0.3) is 0 Å². The molecule has 0 saturated heterocycles. The van der Waals surface area contributed by atoms with Gasteiger partial charge in [-0.1, -0.05) is 16.9 Å². The molecule has 0 spiro atoms. The first-order valence-corrected chi connectivity index (χ1v) is 7.93. The maximum Gasteiger partial charge on any atom is 0.213 e. The van der Waals surface area contributed by atoms with Gasteiger partial charge in [0.05, 0.1) is 10.2 Å². The summed E-state index contributed by atoms with van der Waals surface area (Å²) < 4.78 is 22.8. The molecule has 118 valence electrons. The fraction of sp³-hybridized carbons (Fsp3) is 0.0833. The Labute approximate surface area is 141 Å². The Bertz CT molecular complexity index is 825. The van der Waals surface area contributed by atoms with Gasteiger partial charge >= 0.3 is 0 Å². The van der Waals surface area contributed by atoms with Gasteiger partial charge in [-0.3, -0.25) is 5.41 Å². The summed E-state index contributed by atoms with van der Waals surface area (Å²) in [5.74, 6) is 0.473. The van der Waals surface area contributed by atoms with E-state index >= 15 is 0 Å². The third-order valence-electron chi connectivity index (χ3n) is 2.63. The molecular formula is C12H8BrFN6O2S. The predicted octanol–water partition coefficient (Wildman–Crippen LogP) is 3.08. The topological polar surface area (TPSA) is 114 Å². The van der Waals surface area contributed by atoms with Crippen molar-refractivity contribution >= 4 is 39.2 Å². The van der Waals surface area contributed by atoms with Crippen molar-refractivity contribution in [3.63, 3.8) is 0 Å². The largest absolute Gasteiger partial charge is 0.343 e. The van der Waals surface area contributed by atoms with Crippen molar-refractivity contribution in [2.24, 2.45) is 0 Å². The van der Waals surface area contributed by atoms with Crippen LogP contribution in [0.15, 0.2) is 43.2 Å². The number of rotatable bonds is 5. The molecule has 2 aromatic heterocycles. The molecular weight excluding hydrogens is 391 g/mol. The molecule has 0 fully saturated rings. The van der Waals surface area contributed by atoms with Gasteiger partial charge < -0.3 is 9.84 Å². The molecule has 8 nitrogen and oxygen atoms in total. The molecule has 2 N–H and O–H groups in total. The summed E-state index contributed by atoms with van der Waals surface area (Å²) in [5.41, 5.74) is 0.763. The third kappa shape index (κ3) is 3.74. The van der Waals surface area contributed by atoms with Crippen LogP contribution in [0.25, 0.3) is 0 Å². The predicted molar refractivity (Wildman–Crippen MR) is 82.7 cm³/mol. The lowest BCUT2D eigenvalue weighted by atomic mass is 10.3. The van der Waals surface area contributed by atoms with Gasteiger partial charge in [0, 0.05) is 5.69 Å². The van der Waals surface area contributed by atoms with Crippen molar-refractivity contribution in [1.29, 1.82) is 5.41 Å². The molecule has 0 aliphatic heterocycles. The van der Waals surface area contributed by atoms with Gasteiger partial charge in [-0.25, -0.2) is 9.02 Å². The molecule has 11 heteroatoms. The van der Waals surface area contributed by atoms with Gasteiger partial charge in [0.15, 0.2) is 22.4 Å². The van der Waals surface area contributed by atoms with Crippen LogP contribution >= 0.6 is 27.7 Å². The second-order valence-corrected chi connectivity index (χ2v) is 6.00. The SMILES string of the molecule is N=C(Nc1ccc(F)c(Br)c1)c1nonc1SCc1ncon1. The average Bonchev–Trinajstić information content (AvgIpc) is 3.19. The van der Waals surface area contributed by atoms with Crippen molar-refractivity contribution in [3.05, 3.63) is 46.4 Å². The van der Waals surface area contributed by atoms with Crippen LogP contribution in [0.4, 0.5) is 10.1 Å². The number of halogens is 2. The minimum absolute atomic E-state index is 0.0274. The maximum atomic E-state index is 13.2. The highest BCUT2D eigenvalue weighted by Gasteiger charge is 2.17. The second kappa shape index (κ2) is 6.87. The summed E-state index contributed by atoms with van der Waals surface area (Å²) in [6.45, 7) is 0. The molecule has 3 rings (SSSR count). The molecule has 0 bridgehead atoms. The normalized spacial score (nSPS) is 10.7. The van der Waals surface area contributed by atoms with Gasteiger partial charge in [0.1, 0.15) is 5.82 Å². The molecule has 3 aromatic rings. The molecule has 0 atom stereocenters. The van der Waals surface area contributed by atoms with E-state index in [1.165, 1.54) is 36.4 Å². The first-order valence-electron chi connectivity index (χ1n) is 6.15. The summed E-state index contributed by atoms with van der Waals surface area (Å²) in [7, 11) is 0. The molecule has 0 aliphatic carbocycles. The lowest BCUT2D eigenvalue weighted by Gasteiger charge is -2.06. The Kier molecular flexibility index (Phi) is 4.67. The molecule has 0 radical (unpaired) electrons. The van der Waals surface area contributed by atoms with Gasteiger partial charge in [-0.15, -0.1) is 0 Å². The summed E-state index contributed by atoms with van der Waals surface area (Å²) >= 11 is 4.34. The van der Waals surface area contributed by atoms with Crippen LogP contribution in [-0.2, 0) is 5.75 Å². The number of nitrogens with zero attached hydrogens (tertiary/aromatic N) is 4. The highest BCUT2D eigenvalue weighted by Crippen LogP contribution is 2.24. The average molecular weight is 399 g/mol. The van der Waals surface area contributed by atoms with Crippen LogP contribution in [0.1, 0.15) is 11.5 Å². The number of hydrogen-bond acceptors (Lipinski definition) is 8. The van der Waals surface area contributed by atoms with E-state index in [0.717, 1.165) is 0 Å². The first kappa shape index (κ1) is 15.6. The van der Waals surface area contributed by atoms with Crippen molar-refractivity contribution < 1.29 is 13.5 Å². The zero-order valence-electron chi connectivity index (χ0n) is 11.3. The highest BCUT2D eigenvalue weighted by molar-refractivity contribution is 9.10. The number of benzene rings is 1. The van der Waals surface area contributed by atoms with Crippen LogP contribution in [0, 0.1) is 11.2 Å². The van der Waals surface area contributed by atoms with Crippen LogP contribution in [0.3, 0.4) is 0 Å². The smallest absolute Gasteiger partial charge is 0.213 e.